The van der Waals surface area contributed by atoms with E-state index in [1.165, 1.54) is 11.7 Å². The molecule has 2 aromatic rings. The third-order valence-electron chi connectivity index (χ3n) is 3.03. The van der Waals surface area contributed by atoms with E-state index in [2.05, 4.69) is 14.1 Å². The summed E-state index contributed by atoms with van der Waals surface area (Å²) < 4.78 is 18.9. The highest BCUT2D eigenvalue weighted by Crippen LogP contribution is 2.16. The number of hydrogen-bond acceptors (Lipinski definition) is 6. The Kier molecular flexibility index (Phi) is 6.29. The van der Waals surface area contributed by atoms with Gasteiger partial charge in [-0.05, 0) is 31.5 Å². The number of nitrogens with zero attached hydrogens (tertiary/aromatic N) is 2. The highest BCUT2D eigenvalue weighted by Gasteiger charge is 2.08. The molecule has 0 aliphatic rings. The summed E-state index contributed by atoms with van der Waals surface area (Å²) in [4.78, 5) is 12.0. The van der Waals surface area contributed by atoms with Crippen molar-refractivity contribution in [2.75, 3.05) is 20.3 Å². The summed E-state index contributed by atoms with van der Waals surface area (Å²) in [5.41, 5.74) is 2.26. The van der Waals surface area contributed by atoms with Gasteiger partial charge in [0.25, 0.3) is 5.91 Å². The molecule has 1 aromatic heterocycles. The fourth-order valence-corrected chi connectivity index (χ4v) is 2.33. The van der Waals surface area contributed by atoms with Crippen LogP contribution in [0.3, 0.4) is 0 Å². The Morgan fingerprint density at radius 1 is 1.36 bits per heavy atom. The minimum atomic E-state index is -0.118. The summed E-state index contributed by atoms with van der Waals surface area (Å²) in [5, 5.41) is 2.84. The van der Waals surface area contributed by atoms with Gasteiger partial charge in [0.05, 0.1) is 17.4 Å². The Morgan fingerprint density at radius 2 is 2.23 bits per heavy atom. The molecule has 0 fully saturated rings. The number of ether oxygens (including phenoxy) is 2. The van der Waals surface area contributed by atoms with E-state index >= 15 is 0 Å². The van der Waals surface area contributed by atoms with Crippen LogP contribution >= 0.6 is 11.7 Å². The van der Waals surface area contributed by atoms with E-state index in [4.69, 9.17) is 9.47 Å². The molecule has 2 rings (SSSR count). The van der Waals surface area contributed by atoms with Crippen molar-refractivity contribution in [2.24, 2.45) is 0 Å². The molecule has 22 heavy (non-hydrogen) atoms. The van der Waals surface area contributed by atoms with E-state index in [0.29, 0.717) is 31.1 Å². The minimum Gasteiger partial charge on any atom is -0.487 e. The van der Waals surface area contributed by atoms with Gasteiger partial charge in [-0.2, -0.15) is 8.75 Å². The van der Waals surface area contributed by atoms with Crippen molar-refractivity contribution in [3.63, 3.8) is 0 Å². The highest BCUT2D eigenvalue weighted by atomic mass is 32.1. The van der Waals surface area contributed by atoms with Gasteiger partial charge in [0.1, 0.15) is 18.1 Å². The number of rotatable bonds is 8. The van der Waals surface area contributed by atoms with E-state index in [1.807, 2.05) is 13.0 Å². The second-order valence-corrected chi connectivity index (χ2v) is 5.24. The van der Waals surface area contributed by atoms with Crippen LogP contribution in [0.15, 0.2) is 24.3 Å². The standard InChI is InChI=1S/C15H19N3O3S/c1-11-14(18-22-17-11)10-21-13-6-3-5-12(9-13)15(19)16-7-4-8-20-2/h3,5-6,9H,4,7-8,10H2,1-2H3,(H,16,19). The monoisotopic (exact) mass is 321 g/mol. The summed E-state index contributed by atoms with van der Waals surface area (Å²) in [6.45, 7) is 3.46. The van der Waals surface area contributed by atoms with Gasteiger partial charge < -0.3 is 14.8 Å². The molecular formula is C15H19N3O3S. The van der Waals surface area contributed by atoms with Crippen LogP contribution in [0.1, 0.15) is 28.2 Å². The van der Waals surface area contributed by atoms with Gasteiger partial charge in [-0.25, -0.2) is 0 Å². The van der Waals surface area contributed by atoms with Gasteiger partial charge in [-0.15, -0.1) is 0 Å². The second-order valence-electron chi connectivity index (χ2n) is 4.72. The largest absolute Gasteiger partial charge is 0.487 e. The van der Waals surface area contributed by atoms with E-state index in [0.717, 1.165) is 17.8 Å². The van der Waals surface area contributed by atoms with Crippen LogP contribution in [0.5, 0.6) is 5.75 Å². The Labute approximate surface area is 133 Å². The lowest BCUT2D eigenvalue weighted by atomic mass is 10.2. The summed E-state index contributed by atoms with van der Waals surface area (Å²) in [6.07, 6.45) is 0.786. The Balaban J connectivity index is 1.89. The molecule has 0 spiro atoms. The van der Waals surface area contributed by atoms with E-state index in [1.54, 1.807) is 25.3 Å². The predicted octanol–water partition coefficient (Wildman–Crippen LogP) is 2.19. The molecule has 0 aliphatic carbocycles. The molecule has 1 heterocycles. The van der Waals surface area contributed by atoms with E-state index in [9.17, 15) is 4.79 Å². The number of aryl methyl sites for hydroxylation is 1. The molecule has 118 valence electrons. The molecule has 1 aromatic carbocycles. The van der Waals surface area contributed by atoms with Crippen LogP contribution in [-0.2, 0) is 11.3 Å². The number of amides is 1. The zero-order chi connectivity index (χ0) is 15.8. The molecule has 0 radical (unpaired) electrons. The van der Waals surface area contributed by atoms with Crippen molar-refractivity contribution in [3.8, 4) is 5.75 Å². The Hall–Kier alpha value is -1.99. The molecule has 0 saturated heterocycles. The third kappa shape index (κ3) is 4.78. The average Bonchev–Trinajstić information content (AvgIpc) is 2.95. The Bertz CT molecular complexity index is 616. The van der Waals surface area contributed by atoms with Crippen LogP contribution in [0.4, 0.5) is 0 Å². The van der Waals surface area contributed by atoms with Gasteiger partial charge in [-0.1, -0.05) is 6.07 Å². The molecule has 1 amide bonds. The molecule has 0 unspecified atom stereocenters. The molecular weight excluding hydrogens is 302 g/mol. The third-order valence-corrected chi connectivity index (χ3v) is 3.69. The van der Waals surface area contributed by atoms with Crippen molar-refractivity contribution in [3.05, 3.63) is 41.2 Å². The fraction of sp³-hybridized carbons (Fsp3) is 0.400. The maximum absolute atomic E-state index is 12.0. The lowest BCUT2D eigenvalue weighted by Gasteiger charge is -2.08. The van der Waals surface area contributed by atoms with Gasteiger partial charge in [-0.3, -0.25) is 4.79 Å². The first kappa shape index (κ1) is 16.4. The highest BCUT2D eigenvalue weighted by molar-refractivity contribution is 6.99. The van der Waals surface area contributed by atoms with Gasteiger partial charge in [0, 0.05) is 25.8 Å². The minimum absolute atomic E-state index is 0.118. The van der Waals surface area contributed by atoms with Crippen molar-refractivity contribution < 1.29 is 14.3 Å². The van der Waals surface area contributed by atoms with Gasteiger partial charge >= 0.3 is 0 Å². The van der Waals surface area contributed by atoms with Gasteiger partial charge in [0.2, 0.25) is 0 Å². The topological polar surface area (TPSA) is 73.3 Å². The maximum Gasteiger partial charge on any atom is 0.251 e. The number of carbonyl (C=O) groups excluding carboxylic acids is 1. The molecule has 0 saturated carbocycles. The van der Waals surface area contributed by atoms with E-state index < -0.39 is 0 Å². The lowest BCUT2D eigenvalue weighted by Crippen LogP contribution is -2.25. The van der Waals surface area contributed by atoms with E-state index in [-0.39, 0.29) is 5.91 Å². The molecule has 0 aliphatic heterocycles. The van der Waals surface area contributed by atoms with Crippen molar-refractivity contribution in [2.45, 2.75) is 20.0 Å². The first-order valence-corrected chi connectivity index (χ1v) is 7.71. The first-order chi connectivity index (χ1) is 10.7. The van der Waals surface area contributed by atoms with Gasteiger partial charge in [0.15, 0.2) is 0 Å². The molecule has 0 atom stereocenters. The first-order valence-electron chi connectivity index (χ1n) is 6.98. The fourth-order valence-electron chi connectivity index (χ4n) is 1.78. The summed E-state index contributed by atoms with van der Waals surface area (Å²) in [7, 11) is 1.64. The number of benzene rings is 1. The quantitative estimate of drug-likeness (QED) is 0.755. The normalized spacial score (nSPS) is 10.5. The second kappa shape index (κ2) is 8.45. The zero-order valence-corrected chi connectivity index (χ0v) is 13.5. The van der Waals surface area contributed by atoms with Crippen LogP contribution in [0, 0.1) is 6.92 Å². The van der Waals surface area contributed by atoms with Crippen LogP contribution in [-0.4, -0.2) is 34.9 Å². The number of aromatic nitrogens is 2. The molecule has 1 N–H and O–H groups in total. The number of methoxy groups -OCH3 is 1. The van der Waals surface area contributed by atoms with Crippen LogP contribution in [0.2, 0.25) is 0 Å². The maximum atomic E-state index is 12.0. The SMILES string of the molecule is COCCCNC(=O)c1cccc(OCc2nsnc2C)c1. The summed E-state index contributed by atoms with van der Waals surface area (Å²) in [5.74, 6) is 0.519. The molecule has 0 bridgehead atoms. The number of nitrogens with one attached hydrogen (secondary N) is 1. The summed E-state index contributed by atoms with van der Waals surface area (Å²) >= 11 is 1.17. The number of hydrogen-bond donors (Lipinski definition) is 1. The molecule has 6 nitrogen and oxygen atoms in total. The number of carbonyl (C=O) groups is 1. The predicted molar refractivity (Wildman–Crippen MR) is 84.2 cm³/mol. The summed E-state index contributed by atoms with van der Waals surface area (Å²) in [6, 6.07) is 7.09. The van der Waals surface area contributed by atoms with Crippen LogP contribution in [0.25, 0.3) is 0 Å². The van der Waals surface area contributed by atoms with Crippen molar-refractivity contribution in [1.29, 1.82) is 0 Å². The van der Waals surface area contributed by atoms with Crippen LogP contribution < -0.4 is 10.1 Å². The molecule has 7 heteroatoms. The Morgan fingerprint density at radius 3 is 2.95 bits per heavy atom. The van der Waals surface area contributed by atoms with Crippen molar-refractivity contribution in [1.82, 2.24) is 14.1 Å². The zero-order valence-electron chi connectivity index (χ0n) is 12.7. The smallest absolute Gasteiger partial charge is 0.251 e. The lowest BCUT2D eigenvalue weighted by molar-refractivity contribution is 0.0948. The average molecular weight is 321 g/mol. The van der Waals surface area contributed by atoms with Crippen molar-refractivity contribution >= 4 is 17.6 Å².